The predicted octanol–water partition coefficient (Wildman–Crippen LogP) is 1.34. The fourth-order valence-electron chi connectivity index (χ4n) is 2.13. The maximum Gasteiger partial charge on any atom is 0.172 e. The molecule has 2 N–H and O–H groups in total. The molecular formula is C10H16FNO2. The number of rotatable bonds is 1. The van der Waals surface area contributed by atoms with Crippen molar-refractivity contribution >= 4 is 0 Å². The van der Waals surface area contributed by atoms with Crippen molar-refractivity contribution in [1.29, 1.82) is 0 Å². The Morgan fingerprint density at radius 2 is 2.14 bits per heavy atom. The van der Waals surface area contributed by atoms with Crippen LogP contribution in [0.15, 0.2) is 11.9 Å². The Morgan fingerprint density at radius 3 is 2.71 bits per heavy atom. The molecule has 2 rings (SSSR count). The van der Waals surface area contributed by atoms with Gasteiger partial charge in [0.1, 0.15) is 5.83 Å². The molecule has 1 fully saturated rings. The minimum Gasteiger partial charge on any atom is -0.347 e. The molecule has 2 aliphatic rings. The summed E-state index contributed by atoms with van der Waals surface area (Å²) in [6.45, 7) is 3.28. The van der Waals surface area contributed by atoms with Gasteiger partial charge in [-0.2, -0.15) is 0 Å². The predicted molar refractivity (Wildman–Crippen MR) is 50.2 cm³/mol. The topological polar surface area (TPSA) is 44.5 Å². The molecule has 0 aromatic carbocycles. The molecule has 80 valence electrons. The second-order valence-electron chi connectivity index (χ2n) is 4.31. The Bertz CT molecular complexity index is 261. The third-order valence-corrected chi connectivity index (χ3v) is 3.09. The Kier molecular flexibility index (Phi) is 2.37. The van der Waals surface area contributed by atoms with Gasteiger partial charge in [0.15, 0.2) is 5.79 Å². The van der Waals surface area contributed by atoms with Gasteiger partial charge in [-0.3, -0.25) is 0 Å². The van der Waals surface area contributed by atoms with Gasteiger partial charge in [-0.15, -0.1) is 0 Å². The second-order valence-corrected chi connectivity index (χ2v) is 4.31. The number of hydrogen-bond donors (Lipinski definition) is 1. The highest BCUT2D eigenvalue weighted by Crippen LogP contribution is 2.45. The van der Waals surface area contributed by atoms with Crippen molar-refractivity contribution in [3.8, 4) is 0 Å². The summed E-state index contributed by atoms with van der Waals surface area (Å²) >= 11 is 0. The Hall–Kier alpha value is -0.450. The summed E-state index contributed by atoms with van der Waals surface area (Å²) < 4.78 is 24.6. The Labute approximate surface area is 83.1 Å². The first kappa shape index (κ1) is 10.1. The van der Waals surface area contributed by atoms with Gasteiger partial charge < -0.3 is 15.2 Å². The summed E-state index contributed by atoms with van der Waals surface area (Å²) in [5, 5.41) is 0. The van der Waals surface area contributed by atoms with Gasteiger partial charge in [-0.1, -0.05) is 6.92 Å². The zero-order valence-electron chi connectivity index (χ0n) is 8.38. The summed E-state index contributed by atoms with van der Waals surface area (Å²) in [5.41, 5.74) is 4.96. The van der Waals surface area contributed by atoms with Crippen LogP contribution in [0.3, 0.4) is 0 Å². The van der Waals surface area contributed by atoms with Crippen molar-refractivity contribution in [2.45, 2.75) is 25.6 Å². The molecule has 1 atom stereocenters. The van der Waals surface area contributed by atoms with E-state index in [2.05, 4.69) is 0 Å². The van der Waals surface area contributed by atoms with Crippen molar-refractivity contribution in [2.24, 2.45) is 11.1 Å². The van der Waals surface area contributed by atoms with Gasteiger partial charge in [0.2, 0.25) is 0 Å². The van der Waals surface area contributed by atoms with Crippen LogP contribution in [0, 0.1) is 5.41 Å². The Balaban J connectivity index is 2.22. The van der Waals surface area contributed by atoms with E-state index in [1.807, 2.05) is 6.92 Å². The average molecular weight is 201 g/mol. The largest absolute Gasteiger partial charge is 0.347 e. The molecule has 0 radical (unpaired) electrons. The fraction of sp³-hybridized carbons (Fsp3) is 0.800. The number of halogens is 1. The van der Waals surface area contributed by atoms with Gasteiger partial charge >= 0.3 is 0 Å². The molecule has 14 heavy (non-hydrogen) atoms. The lowest BCUT2D eigenvalue weighted by Crippen LogP contribution is -2.43. The van der Waals surface area contributed by atoms with Gasteiger partial charge in [-0.25, -0.2) is 4.39 Å². The smallest absolute Gasteiger partial charge is 0.172 e. The average Bonchev–Trinajstić information content (AvgIpc) is 2.61. The van der Waals surface area contributed by atoms with Crippen LogP contribution in [-0.4, -0.2) is 25.5 Å². The number of ether oxygens (including phenoxy) is 2. The summed E-state index contributed by atoms with van der Waals surface area (Å²) in [5.74, 6) is -0.742. The van der Waals surface area contributed by atoms with E-state index < -0.39 is 11.2 Å². The lowest BCUT2D eigenvalue weighted by molar-refractivity contribution is -0.179. The van der Waals surface area contributed by atoms with Crippen LogP contribution < -0.4 is 5.73 Å². The van der Waals surface area contributed by atoms with E-state index >= 15 is 0 Å². The maximum atomic E-state index is 13.5. The van der Waals surface area contributed by atoms with E-state index in [1.54, 1.807) is 6.08 Å². The van der Waals surface area contributed by atoms with E-state index in [0.29, 0.717) is 26.1 Å². The molecule has 4 heteroatoms. The highest BCUT2D eigenvalue weighted by molar-refractivity contribution is 5.14. The highest BCUT2D eigenvalue weighted by Gasteiger charge is 2.47. The molecule has 1 aliphatic heterocycles. The van der Waals surface area contributed by atoms with Gasteiger partial charge in [0.05, 0.1) is 13.2 Å². The van der Waals surface area contributed by atoms with E-state index in [9.17, 15) is 4.39 Å². The van der Waals surface area contributed by atoms with Crippen molar-refractivity contribution in [2.75, 3.05) is 19.8 Å². The molecule has 1 heterocycles. The van der Waals surface area contributed by atoms with Crippen LogP contribution in [0.25, 0.3) is 0 Å². The van der Waals surface area contributed by atoms with Crippen molar-refractivity contribution < 1.29 is 13.9 Å². The summed E-state index contributed by atoms with van der Waals surface area (Å²) in [6, 6.07) is 0. The molecule has 1 spiro atoms. The molecule has 0 aromatic rings. The maximum absolute atomic E-state index is 13.5. The number of nitrogens with two attached hydrogens (primary N) is 1. The molecular weight excluding hydrogens is 185 g/mol. The molecule has 1 saturated heterocycles. The van der Waals surface area contributed by atoms with E-state index in [0.717, 1.165) is 0 Å². The molecule has 3 nitrogen and oxygen atoms in total. The van der Waals surface area contributed by atoms with E-state index in [4.69, 9.17) is 15.2 Å². The lowest BCUT2D eigenvalue weighted by Gasteiger charge is -2.39. The molecule has 0 saturated carbocycles. The van der Waals surface area contributed by atoms with Crippen LogP contribution in [0.4, 0.5) is 4.39 Å². The summed E-state index contributed by atoms with van der Waals surface area (Å²) in [6.07, 6.45) is 2.55. The van der Waals surface area contributed by atoms with E-state index in [1.165, 1.54) is 0 Å². The van der Waals surface area contributed by atoms with Crippen molar-refractivity contribution in [3.63, 3.8) is 0 Å². The summed E-state index contributed by atoms with van der Waals surface area (Å²) in [7, 11) is 0. The van der Waals surface area contributed by atoms with Crippen molar-refractivity contribution in [3.05, 3.63) is 11.9 Å². The third-order valence-electron chi connectivity index (χ3n) is 3.09. The monoisotopic (exact) mass is 201 g/mol. The molecule has 0 bridgehead atoms. The first-order valence-electron chi connectivity index (χ1n) is 4.94. The van der Waals surface area contributed by atoms with Gasteiger partial charge in [0, 0.05) is 24.8 Å². The molecule has 0 amide bonds. The minimum atomic E-state index is -0.622. The fourth-order valence-corrected chi connectivity index (χ4v) is 2.13. The first-order valence-corrected chi connectivity index (χ1v) is 4.94. The van der Waals surface area contributed by atoms with Gasteiger partial charge in [0.25, 0.3) is 0 Å². The van der Waals surface area contributed by atoms with Crippen LogP contribution >= 0.6 is 0 Å². The molecule has 0 aromatic heterocycles. The lowest BCUT2D eigenvalue weighted by atomic mass is 9.76. The van der Waals surface area contributed by atoms with Gasteiger partial charge in [-0.05, 0) is 6.08 Å². The van der Waals surface area contributed by atoms with Crippen LogP contribution in [0.5, 0.6) is 0 Å². The molecule has 1 unspecified atom stereocenters. The quantitative estimate of drug-likeness (QED) is 0.696. The van der Waals surface area contributed by atoms with Crippen LogP contribution in [-0.2, 0) is 9.47 Å². The summed E-state index contributed by atoms with van der Waals surface area (Å²) in [4.78, 5) is 0. The second kappa shape index (κ2) is 3.29. The number of hydrogen-bond acceptors (Lipinski definition) is 3. The third kappa shape index (κ3) is 1.47. The van der Waals surface area contributed by atoms with Crippen molar-refractivity contribution in [1.82, 2.24) is 0 Å². The standard InChI is InChI=1S/C10H16FNO2/c1-9(7-12)6-10(3-2-8(9)11)13-4-5-14-10/h2H,3-7,12H2,1H3. The SMILES string of the molecule is CC1(CN)CC2(CC=C1F)OCCO2. The van der Waals surface area contributed by atoms with Crippen LogP contribution in [0.2, 0.25) is 0 Å². The zero-order chi connectivity index (χ0) is 10.2. The minimum absolute atomic E-state index is 0.135. The first-order chi connectivity index (χ1) is 6.60. The normalized spacial score (nSPS) is 36.1. The van der Waals surface area contributed by atoms with Crippen LogP contribution in [0.1, 0.15) is 19.8 Å². The highest BCUT2D eigenvalue weighted by atomic mass is 19.1. The van der Waals surface area contributed by atoms with E-state index in [-0.39, 0.29) is 12.4 Å². The molecule has 1 aliphatic carbocycles. The zero-order valence-corrected chi connectivity index (χ0v) is 8.38. The Morgan fingerprint density at radius 1 is 1.50 bits per heavy atom.